The Hall–Kier alpha value is -1.59. The summed E-state index contributed by atoms with van der Waals surface area (Å²) in [5.41, 5.74) is 6.07. The lowest BCUT2D eigenvalue weighted by Gasteiger charge is -2.19. The van der Waals surface area contributed by atoms with Crippen LogP contribution < -0.4 is 15.8 Å². The van der Waals surface area contributed by atoms with E-state index in [1.165, 1.54) is 0 Å². The van der Waals surface area contributed by atoms with E-state index >= 15 is 0 Å². The van der Waals surface area contributed by atoms with Crippen LogP contribution in [0.4, 0.5) is 5.69 Å². The van der Waals surface area contributed by atoms with Crippen molar-refractivity contribution < 1.29 is 9.53 Å². The topological polar surface area (TPSA) is 67.6 Å². The molecule has 0 aromatic heterocycles. The number of rotatable bonds is 9. The average Bonchev–Trinajstić information content (AvgIpc) is 2.45. The summed E-state index contributed by atoms with van der Waals surface area (Å²) in [6.45, 7) is 8.10. The van der Waals surface area contributed by atoms with E-state index < -0.39 is 0 Å². The van der Waals surface area contributed by atoms with Gasteiger partial charge in [-0.3, -0.25) is 4.79 Å². The fraction of sp³-hybridized carbons (Fsp3) is 0.533. The highest BCUT2D eigenvalue weighted by molar-refractivity contribution is 5.92. The lowest BCUT2D eigenvalue weighted by atomic mass is 10.2. The number of likely N-dealkylation sites (N-methyl/N-ethyl adjacent to an activating group) is 1. The maximum absolute atomic E-state index is 11.6. The van der Waals surface area contributed by atoms with Crippen LogP contribution in [-0.4, -0.2) is 43.6 Å². The first kappa shape index (κ1) is 16.5. The number of nitrogens with zero attached hydrogens (tertiary/aromatic N) is 1. The number of ether oxygens (including phenoxy) is 1. The Morgan fingerprint density at radius 3 is 2.65 bits per heavy atom. The molecular weight excluding hydrogens is 254 g/mol. The van der Waals surface area contributed by atoms with Crippen LogP contribution in [0, 0.1) is 0 Å². The normalized spacial score (nSPS) is 10.6. The Labute approximate surface area is 121 Å². The van der Waals surface area contributed by atoms with Crippen molar-refractivity contribution in [3.05, 3.63) is 24.3 Å². The van der Waals surface area contributed by atoms with E-state index in [0.29, 0.717) is 31.0 Å². The van der Waals surface area contributed by atoms with E-state index in [1.54, 1.807) is 0 Å². The summed E-state index contributed by atoms with van der Waals surface area (Å²) < 4.78 is 5.76. The third kappa shape index (κ3) is 5.59. The summed E-state index contributed by atoms with van der Waals surface area (Å²) >= 11 is 0. The molecule has 1 aromatic carbocycles. The first-order valence-electron chi connectivity index (χ1n) is 7.15. The summed E-state index contributed by atoms with van der Waals surface area (Å²) in [7, 11) is 0. The van der Waals surface area contributed by atoms with Crippen molar-refractivity contribution in [2.45, 2.75) is 20.3 Å². The highest BCUT2D eigenvalue weighted by atomic mass is 16.5. The number of nitrogens with two attached hydrogens (primary N) is 1. The van der Waals surface area contributed by atoms with E-state index in [-0.39, 0.29) is 5.91 Å². The van der Waals surface area contributed by atoms with Crippen molar-refractivity contribution >= 4 is 11.6 Å². The standard InChI is InChI=1S/C15H25N3O2/c1-3-18(4-2)11-12-20-14-8-6-5-7-13(14)17-15(19)9-10-16/h5-8H,3-4,9-12,16H2,1-2H3,(H,17,19). The fourth-order valence-electron chi connectivity index (χ4n) is 1.86. The van der Waals surface area contributed by atoms with Gasteiger partial charge in [-0.2, -0.15) is 0 Å². The highest BCUT2D eigenvalue weighted by Gasteiger charge is 2.07. The van der Waals surface area contributed by atoms with Crippen molar-refractivity contribution in [2.24, 2.45) is 5.73 Å². The van der Waals surface area contributed by atoms with Crippen molar-refractivity contribution in [3.8, 4) is 5.75 Å². The molecule has 0 spiro atoms. The van der Waals surface area contributed by atoms with Gasteiger partial charge >= 0.3 is 0 Å². The third-order valence-electron chi connectivity index (χ3n) is 3.09. The molecule has 0 heterocycles. The van der Waals surface area contributed by atoms with Crippen LogP contribution in [0.15, 0.2) is 24.3 Å². The second-order valence-corrected chi connectivity index (χ2v) is 4.46. The average molecular weight is 279 g/mol. The smallest absolute Gasteiger partial charge is 0.225 e. The molecule has 112 valence electrons. The number of nitrogens with one attached hydrogen (secondary N) is 1. The van der Waals surface area contributed by atoms with Gasteiger partial charge in [0.2, 0.25) is 5.91 Å². The molecule has 0 unspecified atom stereocenters. The van der Waals surface area contributed by atoms with Crippen LogP contribution in [0.1, 0.15) is 20.3 Å². The number of carbonyl (C=O) groups is 1. The Balaban J connectivity index is 2.54. The second kappa shape index (κ2) is 9.34. The molecule has 0 aliphatic heterocycles. The van der Waals surface area contributed by atoms with E-state index in [9.17, 15) is 4.79 Å². The Morgan fingerprint density at radius 1 is 1.30 bits per heavy atom. The van der Waals surface area contributed by atoms with Crippen LogP contribution in [0.3, 0.4) is 0 Å². The third-order valence-corrected chi connectivity index (χ3v) is 3.09. The molecule has 0 saturated carbocycles. The van der Waals surface area contributed by atoms with Gasteiger partial charge in [-0.05, 0) is 25.2 Å². The van der Waals surface area contributed by atoms with Crippen LogP contribution in [-0.2, 0) is 4.79 Å². The minimum absolute atomic E-state index is 0.0905. The van der Waals surface area contributed by atoms with E-state index in [4.69, 9.17) is 10.5 Å². The predicted molar refractivity (Wildman–Crippen MR) is 82.0 cm³/mol. The zero-order chi connectivity index (χ0) is 14.8. The molecule has 0 fully saturated rings. The monoisotopic (exact) mass is 279 g/mol. The number of hydrogen-bond acceptors (Lipinski definition) is 4. The molecule has 3 N–H and O–H groups in total. The number of benzene rings is 1. The van der Waals surface area contributed by atoms with Crippen molar-refractivity contribution in [2.75, 3.05) is 38.1 Å². The molecule has 1 amide bonds. The molecule has 1 aromatic rings. The molecule has 0 aliphatic carbocycles. The zero-order valence-electron chi connectivity index (χ0n) is 12.4. The zero-order valence-corrected chi connectivity index (χ0v) is 12.4. The maximum Gasteiger partial charge on any atom is 0.225 e. The van der Waals surface area contributed by atoms with Gasteiger partial charge in [0.25, 0.3) is 0 Å². The van der Waals surface area contributed by atoms with Crippen LogP contribution in [0.25, 0.3) is 0 Å². The first-order valence-corrected chi connectivity index (χ1v) is 7.15. The molecule has 5 heteroatoms. The van der Waals surface area contributed by atoms with Crippen molar-refractivity contribution in [1.82, 2.24) is 4.90 Å². The molecule has 0 aliphatic rings. The van der Waals surface area contributed by atoms with E-state index in [2.05, 4.69) is 24.1 Å². The molecule has 0 bridgehead atoms. The maximum atomic E-state index is 11.6. The molecule has 1 rings (SSSR count). The minimum Gasteiger partial charge on any atom is -0.490 e. The number of carbonyl (C=O) groups excluding carboxylic acids is 1. The number of amides is 1. The molecule has 0 saturated heterocycles. The van der Waals surface area contributed by atoms with Gasteiger partial charge in [-0.25, -0.2) is 0 Å². The molecule has 5 nitrogen and oxygen atoms in total. The van der Waals surface area contributed by atoms with Gasteiger partial charge in [0.1, 0.15) is 12.4 Å². The molecule has 0 atom stereocenters. The van der Waals surface area contributed by atoms with Crippen LogP contribution >= 0.6 is 0 Å². The highest BCUT2D eigenvalue weighted by Crippen LogP contribution is 2.23. The number of anilines is 1. The predicted octanol–water partition coefficient (Wildman–Crippen LogP) is 1.69. The Morgan fingerprint density at radius 2 is 2.00 bits per heavy atom. The fourth-order valence-corrected chi connectivity index (χ4v) is 1.86. The van der Waals surface area contributed by atoms with Gasteiger partial charge < -0.3 is 20.7 Å². The van der Waals surface area contributed by atoms with Crippen LogP contribution in [0.5, 0.6) is 5.75 Å². The minimum atomic E-state index is -0.0905. The Bertz CT molecular complexity index is 406. The summed E-state index contributed by atoms with van der Waals surface area (Å²) in [6, 6.07) is 7.46. The lowest BCUT2D eigenvalue weighted by Crippen LogP contribution is -2.28. The number of para-hydroxylation sites is 2. The SMILES string of the molecule is CCN(CC)CCOc1ccccc1NC(=O)CCN. The van der Waals surface area contributed by atoms with Crippen LogP contribution in [0.2, 0.25) is 0 Å². The van der Waals surface area contributed by atoms with E-state index in [1.807, 2.05) is 24.3 Å². The lowest BCUT2D eigenvalue weighted by molar-refractivity contribution is -0.116. The summed E-state index contributed by atoms with van der Waals surface area (Å²) in [5.74, 6) is 0.609. The Kier molecular flexibility index (Phi) is 7.69. The summed E-state index contributed by atoms with van der Waals surface area (Å²) in [4.78, 5) is 13.9. The van der Waals surface area contributed by atoms with Crippen molar-refractivity contribution in [1.29, 1.82) is 0 Å². The van der Waals surface area contributed by atoms with Gasteiger partial charge in [-0.1, -0.05) is 26.0 Å². The van der Waals surface area contributed by atoms with Gasteiger partial charge in [0.15, 0.2) is 0 Å². The summed E-state index contributed by atoms with van der Waals surface area (Å²) in [6.07, 6.45) is 0.313. The van der Waals surface area contributed by atoms with Crippen molar-refractivity contribution in [3.63, 3.8) is 0 Å². The first-order chi connectivity index (χ1) is 9.71. The van der Waals surface area contributed by atoms with E-state index in [0.717, 1.165) is 19.6 Å². The molecule has 20 heavy (non-hydrogen) atoms. The summed E-state index contributed by atoms with van der Waals surface area (Å²) in [5, 5.41) is 2.82. The van der Waals surface area contributed by atoms with Gasteiger partial charge in [-0.15, -0.1) is 0 Å². The number of hydrogen-bond donors (Lipinski definition) is 2. The molecular formula is C15H25N3O2. The van der Waals surface area contributed by atoms with Gasteiger partial charge in [0.05, 0.1) is 5.69 Å². The van der Waals surface area contributed by atoms with Gasteiger partial charge in [0, 0.05) is 19.5 Å². The largest absolute Gasteiger partial charge is 0.490 e. The molecule has 0 radical (unpaired) electrons. The quantitative estimate of drug-likeness (QED) is 0.722. The second-order valence-electron chi connectivity index (χ2n) is 4.46.